The van der Waals surface area contributed by atoms with Crippen molar-refractivity contribution in [2.45, 2.75) is 51.1 Å². The zero-order chi connectivity index (χ0) is 28.6. The summed E-state index contributed by atoms with van der Waals surface area (Å²) in [5.74, 6) is -0.829. The number of aliphatic hydroxyl groups is 1. The number of imidazole rings is 1. The Hall–Kier alpha value is -3.96. The molecule has 1 aliphatic carbocycles. The Morgan fingerprint density at radius 1 is 1.20 bits per heavy atom. The van der Waals surface area contributed by atoms with E-state index in [2.05, 4.69) is 27.3 Å². The number of rotatable bonds is 7. The van der Waals surface area contributed by atoms with Crippen LogP contribution in [0.2, 0.25) is 0 Å². The first-order valence-electron chi connectivity index (χ1n) is 13.3. The predicted molar refractivity (Wildman–Crippen MR) is 148 cm³/mol. The van der Waals surface area contributed by atoms with Crippen molar-refractivity contribution in [1.82, 2.24) is 24.5 Å². The van der Waals surface area contributed by atoms with Crippen molar-refractivity contribution in [3.05, 3.63) is 71.7 Å². The molecule has 1 aliphatic rings. The number of nitrogens with one attached hydrogen (secondary N) is 1. The number of amides is 1. The summed E-state index contributed by atoms with van der Waals surface area (Å²) in [5.41, 5.74) is 9.20. The summed E-state index contributed by atoms with van der Waals surface area (Å²) in [4.78, 5) is 22.5. The lowest BCUT2D eigenvalue weighted by atomic mass is 9.73. The largest absolute Gasteiger partial charge is 0.396 e. The van der Waals surface area contributed by atoms with Gasteiger partial charge in [0.1, 0.15) is 11.6 Å². The molecule has 9 nitrogen and oxygen atoms in total. The number of anilines is 2. The molecular formula is C29H33F2N7O2. The lowest BCUT2D eigenvalue weighted by Gasteiger charge is -2.43. The number of hydrogen-bond acceptors (Lipinski definition) is 7. The molecule has 0 spiro atoms. The summed E-state index contributed by atoms with van der Waals surface area (Å²) in [7, 11) is 1.80. The lowest BCUT2D eigenvalue weighted by Crippen LogP contribution is -2.54. The number of aliphatic hydroxyl groups excluding tert-OH is 1. The Morgan fingerprint density at radius 2 is 1.95 bits per heavy atom. The molecule has 4 N–H and O–H groups in total. The molecular weight excluding hydrogens is 516 g/mol. The molecule has 0 bridgehead atoms. The Morgan fingerprint density at radius 3 is 2.62 bits per heavy atom. The SMILES string of the molecule is CC(=O)N(C)C1C(C)CC(c2ccncc2Nc2ncc3ccc(-c4c(F)cc(CCO)cc4F)nn23)CC1N. The molecule has 4 aromatic rings. The quantitative estimate of drug-likeness (QED) is 0.318. The third-order valence-corrected chi connectivity index (χ3v) is 7.86. The van der Waals surface area contributed by atoms with Gasteiger partial charge in [-0.15, -0.1) is 0 Å². The summed E-state index contributed by atoms with van der Waals surface area (Å²) in [6.07, 6.45) is 6.75. The molecule has 4 unspecified atom stereocenters. The summed E-state index contributed by atoms with van der Waals surface area (Å²) in [5, 5.41) is 16.9. The van der Waals surface area contributed by atoms with Crippen LogP contribution in [0, 0.1) is 17.6 Å². The molecule has 1 aromatic carbocycles. The second-order valence-electron chi connectivity index (χ2n) is 10.6. The number of nitrogens with zero attached hydrogens (tertiary/aromatic N) is 5. The van der Waals surface area contributed by atoms with Crippen LogP contribution in [0.5, 0.6) is 0 Å². The summed E-state index contributed by atoms with van der Waals surface area (Å²) in [6.45, 7) is 3.47. The molecule has 0 aliphatic heterocycles. The maximum atomic E-state index is 14.9. The Bertz CT molecular complexity index is 1510. The number of carbonyl (C=O) groups excluding carboxylic acids is 1. The molecule has 40 heavy (non-hydrogen) atoms. The third kappa shape index (κ3) is 5.26. The maximum absolute atomic E-state index is 14.9. The minimum Gasteiger partial charge on any atom is -0.396 e. The van der Waals surface area contributed by atoms with Crippen LogP contribution in [0.15, 0.2) is 48.9 Å². The number of halogens is 2. The molecule has 0 saturated heterocycles. The number of likely N-dealkylation sites (N-methyl/N-ethyl adjacent to an activating group) is 1. The third-order valence-electron chi connectivity index (χ3n) is 7.86. The Kier molecular flexibility index (Phi) is 7.77. The first kappa shape index (κ1) is 27.6. The standard InChI is InChI=1S/C29H33F2N7O2/c1-16-10-19(13-24(32)28(16)37(3)17(2)40)21-6-8-33-15-26(21)35-29-34-14-20-4-5-25(36-38(20)29)27-22(30)11-18(7-9-39)12-23(27)31/h4-6,8,11-12,14-16,19,24,28,39H,7,9-10,13,32H2,1-3H3,(H,34,35). The minimum atomic E-state index is -0.754. The molecule has 1 saturated carbocycles. The van der Waals surface area contributed by atoms with E-state index in [-0.39, 0.29) is 54.1 Å². The lowest BCUT2D eigenvalue weighted by molar-refractivity contribution is -0.131. The van der Waals surface area contributed by atoms with Gasteiger partial charge >= 0.3 is 0 Å². The van der Waals surface area contributed by atoms with E-state index in [9.17, 15) is 13.6 Å². The van der Waals surface area contributed by atoms with Gasteiger partial charge in [-0.25, -0.2) is 13.8 Å². The van der Waals surface area contributed by atoms with Gasteiger partial charge in [0.2, 0.25) is 11.9 Å². The number of nitrogens with two attached hydrogens (primary N) is 1. The number of fused-ring (bicyclic) bond motifs is 1. The average molecular weight is 550 g/mol. The summed E-state index contributed by atoms with van der Waals surface area (Å²) < 4.78 is 31.3. The molecule has 3 heterocycles. The van der Waals surface area contributed by atoms with Crippen molar-refractivity contribution in [3.63, 3.8) is 0 Å². The van der Waals surface area contributed by atoms with Crippen LogP contribution in [0.4, 0.5) is 20.4 Å². The van der Waals surface area contributed by atoms with Crippen molar-refractivity contribution >= 4 is 23.1 Å². The zero-order valence-electron chi connectivity index (χ0n) is 22.7. The van der Waals surface area contributed by atoms with Crippen LogP contribution in [0.3, 0.4) is 0 Å². The van der Waals surface area contributed by atoms with E-state index < -0.39 is 11.6 Å². The molecule has 5 rings (SSSR count). The Balaban J connectivity index is 1.45. The maximum Gasteiger partial charge on any atom is 0.229 e. The number of carbonyl (C=O) groups is 1. The first-order chi connectivity index (χ1) is 19.2. The van der Waals surface area contributed by atoms with Crippen molar-refractivity contribution in [2.24, 2.45) is 11.7 Å². The van der Waals surface area contributed by atoms with Crippen LogP contribution in [-0.4, -0.2) is 61.2 Å². The van der Waals surface area contributed by atoms with Crippen molar-refractivity contribution in [1.29, 1.82) is 0 Å². The number of hydrogen-bond donors (Lipinski definition) is 3. The summed E-state index contributed by atoms with van der Waals surface area (Å²) in [6, 6.07) is 7.39. The van der Waals surface area contributed by atoms with Crippen molar-refractivity contribution < 1.29 is 18.7 Å². The molecule has 1 amide bonds. The van der Waals surface area contributed by atoms with Gasteiger partial charge in [0.05, 0.1) is 34.9 Å². The van der Waals surface area contributed by atoms with Gasteiger partial charge in [-0.1, -0.05) is 6.92 Å². The fourth-order valence-electron chi connectivity index (χ4n) is 5.94. The highest BCUT2D eigenvalue weighted by Gasteiger charge is 2.38. The average Bonchev–Trinajstić information content (AvgIpc) is 3.30. The van der Waals surface area contributed by atoms with Crippen molar-refractivity contribution in [2.75, 3.05) is 19.0 Å². The topological polar surface area (TPSA) is 122 Å². The second kappa shape index (κ2) is 11.3. The van der Waals surface area contributed by atoms with E-state index in [0.29, 0.717) is 23.4 Å². The van der Waals surface area contributed by atoms with Gasteiger partial charge in [-0.05, 0) is 72.6 Å². The van der Waals surface area contributed by atoms with Gasteiger partial charge in [-0.2, -0.15) is 9.61 Å². The van der Waals surface area contributed by atoms with Crippen LogP contribution in [0.25, 0.3) is 16.8 Å². The number of aromatic nitrogens is 4. The van der Waals surface area contributed by atoms with Crippen molar-refractivity contribution in [3.8, 4) is 11.3 Å². The van der Waals surface area contributed by atoms with E-state index in [1.165, 1.54) is 16.6 Å². The molecule has 1 fully saturated rings. The van der Waals surface area contributed by atoms with Gasteiger partial charge in [-0.3, -0.25) is 9.78 Å². The van der Waals surface area contributed by atoms with Gasteiger partial charge < -0.3 is 21.1 Å². The first-order valence-corrected chi connectivity index (χ1v) is 13.3. The molecule has 0 radical (unpaired) electrons. The van der Waals surface area contributed by atoms with E-state index in [4.69, 9.17) is 10.8 Å². The normalized spacial score (nSPS) is 21.0. The highest BCUT2D eigenvalue weighted by atomic mass is 19.1. The monoisotopic (exact) mass is 549 g/mol. The van der Waals surface area contributed by atoms with Gasteiger partial charge in [0.15, 0.2) is 0 Å². The van der Waals surface area contributed by atoms with Crippen LogP contribution in [0.1, 0.15) is 43.7 Å². The van der Waals surface area contributed by atoms with E-state index in [1.54, 1.807) is 49.6 Å². The number of benzene rings is 1. The fraction of sp³-hybridized carbons (Fsp3) is 0.379. The molecule has 11 heteroatoms. The van der Waals surface area contributed by atoms with Crippen LogP contribution >= 0.6 is 0 Å². The molecule has 3 aromatic heterocycles. The Labute approximate surface area is 231 Å². The zero-order valence-corrected chi connectivity index (χ0v) is 22.7. The van der Waals surface area contributed by atoms with E-state index in [0.717, 1.165) is 17.7 Å². The highest BCUT2D eigenvalue weighted by molar-refractivity contribution is 5.73. The van der Waals surface area contributed by atoms with Crippen LogP contribution in [-0.2, 0) is 11.2 Å². The predicted octanol–water partition coefficient (Wildman–Crippen LogP) is 4.04. The summed E-state index contributed by atoms with van der Waals surface area (Å²) >= 11 is 0. The van der Waals surface area contributed by atoms with E-state index >= 15 is 0 Å². The second-order valence-corrected chi connectivity index (χ2v) is 10.6. The molecule has 210 valence electrons. The number of pyridine rings is 1. The highest BCUT2D eigenvalue weighted by Crippen LogP contribution is 2.40. The minimum absolute atomic E-state index is 0.00376. The van der Waals surface area contributed by atoms with Crippen LogP contribution < -0.4 is 11.1 Å². The smallest absolute Gasteiger partial charge is 0.229 e. The van der Waals surface area contributed by atoms with E-state index in [1.807, 2.05) is 6.07 Å². The van der Waals surface area contributed by atoms with Gasteiger partial charge in [0.25, 0.3) is 0 Å². The fourth-order valence-corrected chi connectivity index (χ4v) is 5.94. The van der Waals surface area contributed by atoms with Gasteiger partial charge in [0, 0.05) is 38.9 Å². The molecule has 4 atom stereocenters.